The van der Waals surface area contributed by atoms with Gasteiger partial charge in [-0.1, -0.05) is 121 Å². The molecule has 0 spiro atoms. The second-order valence-electron chi connectivity index (χ2n) is 29.0. The fourth-order valence-electron chi connectivity index (χ4n) is 12.5. The summed E-state index contributed by atoms with van der Waals surface area (Å²) >= 11 is 0. The van der Waals surface area contributed by atoms with Crippen molar-refractivity contribution in [3.05, 3.63) is 144 Å². The van der Waals surface area contributed by atoms with Gasteiger partial charge in [0.15, 0.2) is 0 Å². The molecule has 0 aliphatic carbocycles. The van der Waals surface area contributed by atoms with Gasteiger partial charge in [0, 0.05) is 13.2 Å². The molecule has 0 amide bonds. The molecular weight excluding hydrogens is 1670 g/mol. The second-order valence-corrected chi connectivity index (χ2v) is 29.0. The number of hydrogen-bond acceptors (Lipinski definition) is 32. The monoisotopic (exact) mass is 1830 g/mol. The summed E-state index contributed by atoms with van der Waals surface area (Å²) in [6, 6.07) is 42.8. The molecule has 0 aliphatic rings. The molecule has 0 saturated heterocycles. The first kappa shape index (κ1) is 118. The largest absolute Gasteiger partial charge is 0.394 e. The minimum absolute atomic E-state index is 0.0194. The van der Waals surface area contributed by atoms with Crippen LogP contribution in [0.4, 0.5) is 0 Å². The summed E-state index contributed by atoms with van der Waals surface area (Å²) in [6.45, 7) is 28.0. The van der Waals surface area contributed by atoms with Crippen LogP contribution in [-0.2, 0) is 158 Å². The van der Waals surface area contributed by atoms with E-state index in [1.807, 2.05) is 0 Å². The number of hydrogen-bond donors (Lipinski definition) is 4. The molecule has 0 aromatic heterocycles. The third-order valence-corrected chi connectivity index (χ3v) is 19.0. The summed E-state index contributed by atoms with van der Waals surface area (Å²) in [5, 5.41) is 34.6. The SMILES string of the molecule is OCCOCCOCCOCCOCCOCCOCCOCCC[C@@H](Cc1ccccc1)[C@@H](COCCOCCOCCOCCOCCOCCOCCO)Cc1ccccc1.OCCOCCOCCOCCOCCOCCOCCOCCC[C@H](Cc1ccccc1)[C@H](COCCOCCOCCOCCOCCOCCOCCO)Cc1ccccc1. The Balaban J connectivity index is 0.000000660. The molecule has 32 nitrogen and oxygen atoms in total. The minimum atomic E-state index is 0.0194. The molecule has 4 aromatic rings. The highest BCUT2D eigenvalue weighted by Crippen LogP contribution is 2.29. The average molecular weight is 1830 g/mol. The van der Waals surface area contributed by atoms with Crippen molar-refractivity contribution in [2.75, 3.05) is 396 Å². The number of ether oxygens (including phenoxy) is 28. The Morgan fingerprint density at radius 1 is 0.141 bits per heavy atom. The molecule has 4 rings (SSSR count). The number of aliphatic hydroxyl groups excluding tert-OH is 4. The van der Waals surface area contributed by atoms with Crippen LogP contribution in [-0.4, -0.2) is 417 Å². The Morgan fingerprint density at radius 2 is 0.266 bits per heavy atom. The predicted molar refractivity (Wildman–Crippen MR) is 484 cm³/mol. The van der Waals surface area contributed by atoms with Crippen LogP contribution in [0.25, 0.3) is 0 Å². The molecule has 0 radical (unpaired) electrons. The van der Waals surface area contributed by atoms with Crippen LogP contribution in [0.2, 0.25) is 0 Å². The normalized spacial score (nSPS) is 12.6. The average Bonchev–Trinajstić information content (AvgIpc) is 0.874. The zero-order chi connectivity index (χ0) is 90.6. The van der Waals surface area contributed by atoms with Gasteiger partial charge in [0.1, 0.15) is 0 Å². The highest BCUT2D eigenvalue weighted by atomic mass is 16.6. The standard InChI is InChI=1S/2C48H82O16/c2*49-13-16-52-19-22-55-25-28-58-31-34-60-33-30-57-27-24-54-21-18-51-15-7-12-47(42-45-8-3-1-4-9-45)48(43-46-10-5-2-6-11-46)44-64-41-40-63-39-38-62-37-36-61-35-32-59-29-26-56-23-20-53-17-14-50/h2*1-6,8-11,47-50H,7,12-44H2/t2*47-,48+/m10/s1. The van der Waals surface area contributed by atoms with Crippen LogP contribution in [0.5, 0.6) is 0 Å². The Kier molecular flexibility index (Phi) is 90.7. The first-order chi connectivity index (χ1) is 63.7. The van der Waals surface area contributed by atoms with Crippen LogP contribution >= 0.6 is 0 Å². The first-order valence-corrected chi connectivity index (χ1v) is 46.4. The van der Waals surface area contributed by atoms with Gasteiger partial charge in [-0.25, -0.2) is 0 Å². The lowest BCUT2D eigenvalue weighted by molar-refractivity contribution is -0.0238. The summed E-state index contributed by atoms with van der Waals surface area (Å²) in [5.41, 5.74) is 5.29. The molecule has 0 fully saturated rings. The molecule has 740 valence electrons. The van der Waals surface area contributed by atoms with Crippen molar-refractivity contribution >= 4 is 0 Å². The van der Waals surface area contributed by atoms with Crippen molar-refractivity contribution < 1.29 is 153 Å². The van der Waals surface area contributed by atoms with E-state index in [4.69, 9.17) is 153 Å². The maximum atomic E-state index is 8.66. The number of rotatable bonds is 102. The lowest BCUT2D eigenvalue weighted by Gasteiger charge is -2.28. The van der Waals surface area contributed by atoms with E-state index < -0.39 is 0 Å². The quantitative estimate of drug-likeness (QED) is 0.0313. The molecule has 4 atom stereocenters. The summed E-state index contributed by atoms with van der Waals surface area (Å²) in [4.78, 5) is 0. The lowest BCUT2D eigenvalue weighted by Crippen LogP contribution is -2.26. The van der Waals surface area contributed by atoms with Crippen LogP contribution in [0, 0.1) is 23.7 Å². The molecule has 0 heterocycles. The van der Waals surface area contributed by atoms with Crippen molar-refractivity contribution in [2.24, 2.45) is 23.7 Å². The van der Waals surface area contributed by atoms with Crippen molar-refractivity contribution in [3.8, 4) is 0 Å². The fourth-order valence-corrected chi connectivity index (χ4v) is 12.5. The maximum Gasteiger partial charge on any atom is 0.0701 e. The van der Waals surface area contributed by atoms with E-state index in [0.29, 0.717) is 394 Å². The third-order valence-electron chi connectivity index (χ3n) is 19.0. The fraction of sp³-hybridized carbons (Fsp3) is 0.750. The molecule has 128 heavy (non-hydrogen) atoms. The molecular formula is C96H164O32. The zero-order valence-electron chi connectivity index (χ0n) is 77.2. The summed E-state index contributed by atoms with van der Waals surface area (Å²) < 4.78 is 156. The molecule has 0 aliphatic heterocycles. The summed E-state index contributed by atoms with van der Waals surface area (Å²) in [7, 11) is 0. The summed E-state index contributed by atoms with van der Waals surface area (Å²) in [5.74, 6) is 1.48. The van der Waals surface area contributed by atoms with Gasteiger partial charge < -0.3 is 153 Å². The van der Waals surface area contributed by atoms with Crippen LogP contribution in [0.3, 0.4) is 0 Å². The Hall–Kier alpha value is -4.40. The summed E-state index contributed by atoms with van der Waals surface area (Å²) in [6.07, 6.45) is 7.80. The highest BCUT2D eigenvalue weighted by Gasteiger charge is 2.25. The zero-order valence-corrected chi connectivity index (χ0v) is 77.2. The Labute approximate surface area is 764 Å². The smallest absolute Gasteiger partial charge is 0.0701 e. The van der Waals surface area contributed by atoms with E-state index in [1.54, 1.807) is 0 Å². The highest BCUT2D eigenvalue weighted by molar-refractivity contribution is 5.19. The van der Waals surface area contributed by atoms with Crippen molar-refractivity contribution in [1.82, 2.24) is 0 Å². The van der Waals surface area contributed by atoms with Gasteiger partial charge in [-0.15, -0.1) is 0 Å². The maximum absolute atomic E-state index is 8.66. The van der Waals surface area contributed by atoms with Crippen LogP contribution < -0.4 is 0 Å². The van der Waals surface area contributed by atoms with Gasteiger partial charge >= 0.3 is 0 Å². The van der Waals surface area contributed by atoms with Crippen molar-refractivity contribution in [2.45, 2.75) is 51.4 Å². The van der Waals surface area contributed by atoms with Crippen molar-refractivity contribution in [3.63, 3.8) is 0 Å². The van der Waals surface area contributed by atoms with Gasteiger partial charge in [0.25, 0.3) is 0 Å². The van der Waals surface area contributed by atoms with Gasteiger partial charge in [0.2, 0.25) is 0 Å². The molecule has 4 aromatic carbocycles. The van der Waals surface area contributed by atoms with E-state index in [1.165, 1.54) is 22.3 Å². The minimum Gasteiger partial charge on any atom is -0.394 e. The number of aliphatic hydroxyl groups is 4. The van der Waals surface area contributed by atoms with Gasteiger partial charge in [-0.05, 0) is 97.3 Å². The Bertz CT molecular complexity index is 2560. The third kappa shape index (κ3) is 81.2. The van der Waals surface area contributed by atoms with Crippen molar-refractivity contribution in [1.29, 1.82) is 0 Å². The van der Waals surface area contributed by atoms with Crippen LogP contribution in [0.15, 0.2) is 121 Å². The second kappa shape index (κ2) is 98.6. The van der Waals surface area contributed by atoms with E-state index in [9.17, 15) is 0 Å². The molecule has 4 N–H and O–H groups in total. The molecule has 0 bridgehead atoms. The lowest BCUT2D eigenvalue weighted by atomic mass is 9.80. The van der Waals surface area contributed by atoms with E-state index in [2.05, 4.69) is 121 Å². The van der Waals surface area contributed by atoms with E-state index in [-0.39, 0.29) is 26.4 Å². The molecule has 32 heteroatoms. The van der Waals surface area contributed by atoms with Gasteiger partial charge in [0.05, 0.1) is 383 Å². The number of benzene rings is 4. The van der Waals surface area contributed by atoms with Crippen LogP contribution in [0.1, 0.15) is 47.9 Å². The topological polar surface area (TPSA) is 339 Å². The van der Waals surface area contributed by atoms with Gasteiger partial charge in [-0.2, -0.15) is 0 Å². The Morgan fingerprint density at radius 3 is 0.414 bits per heavy atom. The van der Waals surface area contributed by atoms with E-state index >= 15 is 0 Å². The molecule has 0 unspecified atom stereocenters. The van der Waals surface area contributed by atoms with E-state index in [0.717, 1.165) is 51.4 Å². The first-order valence-electron chi connectivity index (χ1n) is 46.4. The van der Waals surface area contributed by atoms with Gasteiger partial charge in [-0.3, -0.25) is 0 Å². The predicted octanol–water partition coefficient (Wildman–Crippen LogP) is 7.40. The molecule has 0 saturated carbocycles.